The van der Waals surface area contributed by atoms with Crippen LogP contribution in [0.25, 0.3) is 0 Å². The summed E-state index contributed by atoms with van der Waals surface area (Å²) in [5.74, 6) is -2.06. The van der Waals surface area contributed by atoms with Crippen molar-refractivity contribution in [3.05, 3.63) is 22.3 Å². The fourth-order valence-electron chi connectivity index (χ4n) is 4.41. The lowest BCUT2D eigenvalue weighted by Gasteiger charge is -2.51. The van der Waals surface area contributed by atoms with Gasteiger partial charge in [0, 0.05) is 29.5 Å². The lowest BCUT2D eigenvalue weighted by atomic mass is 10.0. The van der Waals surface area contributed by atoms with E-state index in [0.717, 1.165) is 41.8 Å². The highest BCUT2D eigenvalue weighted by Crippen LogP contribution is 2.41. The second kappa shape index (κ2) is 14.0. The Bertz CT molecular complexity index is 1420. The Morgan fingerprint density at radius 1 is 1.21 bits per heavy atom. The van der Waals surface area contributed by atoms with Crippen molar-refractivity contribution < 1.29 is 63.9 Å². The van der Waals surface area contributed by atoms with Gasteiger partial charge in [0.1, 0.15) is 30.8 Å². The molecular formula is C19H28N6O13S4. The molecule has 7 N–H and O–H groups in total. The molecule has 0 aromatic carbocycles. The number of nitrogen functional groups attached to an aromatic ring is 1. The first-order chi connectivity index (χ1) is 19.2. The van der Waals surface area contributed by atoms with Crippen LogP contribution in [0.4, 0.5) is 5.13 Å². The van der Waals surface area contributed by atoms with Gasteiger partial charge in [0.25, 0.3) is 11.8 Å². The normalized spacial score (nSPS) is 21.6. The highest BCUT2D eigenvalue weighted by molar-refractivity contribution is 8.00. The number of quaternary nitrogens is 1. The molecule has 1 aromatic rings. The Labute approximate surface area is 248 Å². The average molecular weight is 677 g/mol. The maximum Gasteiger partial charge on any atom is 0.394 e. The van der Waals surface area contributed by atoms with Gasteiger partial charge in [0.2, 0.25) is 0 Å². The third kappa shape index (κ3) is 10.4. The van der Waals surface area contributed by atoms with Gasteiger partial charge in [-0.1, -0.05) is 5.16 Å². The maximum atomic E-state index is 12.9. The molecule has 0 radical (unpaired) electrons. The van der Waals surface area contributed by atoms with Crippen molar-refractivity contribution >= 4 is 72.5 Å². The van der Waals surface area contributed by atoms with E-state index in [1.165, 1.54) is 23.8 Å². The minimum atomic E-state index is -4.67. The Balaban J connectivity index is 0.000000533. The number of amides is 2. The number of β-lactam (4-membered cyclic amide) rings is 1. The minimum Gasteiger partial charge on any atom is -0.543 e. The van der Waals surface area contributed by atoms with Crippen LogP contribution in [0.1, 0.15) is 18.5 Å². The molecular weight excluding hydrogens is 649 g/mol. The molecule has 0 unspecified atom stereocenters. The molecule has 4 heterocycles. The summed E-state index contributed by atoms with van der Waals surface area (Å²) in [5.41, 5.74) is 6.39. The molecule has 2 saturated heterocycles. The molecule has 23 heteroatoms. The fraction of sp³-hybridized carbons (Fsp3) is 0.526. The van der Waals surface area contributed by atoms with Crippen LogP contribution < -0.4 is 16.2 Å². The van der Waals surface area contributed by atoms with Gasteiger partial charge in [-0.2, -0.15) is 16.8 Å². The molecule has 236 valence electrons. The number of hydrogen-bond donors (Lipinski definition) is 6. The fourth-order valence-corrected chi connectivity index (χ4v) is 6.30. The monoisotopic (exact) mass is 676 g/mol. The standard InChI is InChI=1S/C19H24N6O5S2.2H2O4S/c1-25(5-3-4-6-25)7-10-8-31-17-13(16(27)24(17)14(10)18(28)29)22-15(26)12(23-30-2)11-9-32-19(20)21-11;2*1-5(2,3)4/h9,13,17H,3-8H2,1-2H3,(H3-,20,21,22,26,28,29);2*(H2,1,2,3,4)/b23-12-;;/t13-,17-;;/m1../s1. The number of nitrogens with zero attached hydrogens (tertiary/aromatic N) is 4. The number of thioether (sulfide) groups is 1. The minimum absolute atomic E-state index is 0.0615. The number of nitrogens with two attached hydrogens (primary N) is 1. The van der Waals surface area contributed by atoms with Crippen LogP contribution in [0.3, 0.4) is 0 Å². The number of carboxylic acid groups (broad SMARTS) is 1. The molecule has 3 aliphatic rings. The van der Waals surface area contributed by atoms with E-state index < -0.39 is 50.0 Å². The highest BCUT2D eigenvalue weighted by atomic mass is 32.3. The molecule has 2 fully saturated rings. The van der Waals surface area contributed by atoms with Crippen LogP contribution in [0.5, 0.6) is 0 Å². The Morgan fingerprint density at radius 3 is 2.21 bits per heavy atom. The lowest BCUT2D eigenvalue weighted by Crippen LogP contribution is -2.71. The third-order valence-electron chi connectivity index (χ3n) is 5.91. The summed E-state index contributed by atoms with van der Waals surface area (Å²) in [7, 11) is -5.94. The zero-order chi connectivity index (χ0) is 32.0. The summed E-state index contributed by atoms with van der Waals surface area (Å²) in [6, 6.07) is -0.891. The number of likely N-dealkylation sites (N-methyl/N-ethyl adjacent to an activating group) is 1. The Morgan fingerprint density at radius 2 is 1.76 bits per heavy atom. The zero-order valence-electron chi connectivity index (χ0n) is 21.9. The van der Waals surface area contributed by atoms with Crippen LogP contribution in [0.15, 0.2) is 21.8 Å². The number of anilines is 1. The molecule has 0 spiro atoms. The number of carboxylic acids is 1. The number of fused-ring (bicyclic) bond motifs is 1. The van der Waals surface area contributed by atoms with Gasteiger partial charge in [0.05, 0.1) is 31.8 Å². The Hall–Kier alpha value is -2.90. The van der Waals surface area contributed by atoms with Crippen LogP contribution >= 0.6 is 23.1 Å². The lowest BCUT2D eigenvalue weighted by molar-refractivity contribution is -0.893. The predicted molar refractivity (Wildman–Crippen MR) is 146 cm³/mol. The summed E-state index contributed by atoms with van der Waals surface area (Å²) in [6.45, 7) is 2.53. The van der Waals surface area contributed by atoms with Gasteiger partial charge in [0.15, 0.2) is 10.8 Å². The number of rotatable bonds is 7. The summed E-state index contributed by atoms with van der Waals surface area (Å²) < 4.78 is 63.9. The van der Waals surface area contributed by atoms with E-state index >= 15 is 0 Å². The van der Waals surface area contributed by atoms with Crippen molar-refractivity contribution in [3.8, 4) is 0 Å². The van der Waals surface area contributed by atoms with E-state index in [-0.39, 0.29) is 22.2 Å². The van der Waals surface area contributed by atoms with E-state index in [2.05, 4.69) is 22.5 Å². The number of carbonyl (C=O) groups is 3. The number of carbonyl (C=O) groups excluding carboxylic acids is 3. The van der Waals surface area contributed by atoms with Crippen molar-refractivity contribution in [3.63, 3.8) is 0 Å². The number of hydrogen-bond acceptors (Lipinski definition) is 14. The average Bonchev–Trinajstić information content (AvgIpc) is 3.46. The molecule has 4 rings (SSSR count). The first-order valence-electron chi connectivity index (χ1n) is 11.5. The smallest absolute Gasteiger partial charge is 0.394 e. The first-order valence-corrected chi connectivity index (χ1v) is 16.2. The number of nitrogens with one attached hydrogen (secondary N) is 1. The van der Waals surface area contributed by atoms with Crippen LogP contribution in [-0.2, 0) is 40.0 Å². The van der Waals surface area contributed by atoms with E-state index in [9.17, 15) is 19.5 Å². The number of likely N-dealkylation sites (tertiary alicyclic amines) is 1. The van der Waals surface area contributed by atoms with E-state index in [0.29, 0.717) is 17.9 Å². The first kappa shape index (κ1) is 35.3. The van der Waals surface area contributed by atoms with Gasteiger partial charge < -0.3 is 30.3 Å². The molecule has 0 aliphatic carbocycles. The molecule has 2 atom stereocenters. The molecule has 0 saturated carbocycles. The van der Waals surface area contributed by atoms with Crippen molar-refractivity contribution in [2.45, 2.75) is 24.3 Å². The molecule has 2 amide bonds. The predicted octanol–water partition coefficient (Wildman–Crippen LogP) is -2.59. The van der Waals surface area contributed by atoms with Crippen LogP contribution in [-0.4, -0.2) is 124 Å². The quantitative estimate of drug-likeness (QED) is 0.0568. The number of aromatic nitrogens is 1. The van der Waals surface area contributed by atoms with Gasteiger partial charge in [-0.15, -0.1) is 23.1 Å². The second-order valence-electron chi connectivity index (χ2n) is 9.12. The van der Waals surface area contributed by atoms with Crippen molar-refractivity contribution in [1.29, 1.82) is 0 Å². The van der Waals surface area contributed by atoms with Gasteiger partial charge in [-0.3, -0.25) is 32.7 Å². The van der Waals surface area contributed by atoms with E-state index in [4.69, 9.17) is 45.6 Å². The summed E-state index contributed by atoms with van der Waals surface area (Å²) in [4.78, 5) is 47.7. The van der Waals surface area contributed by atoms with Gasteiger partial charge in [-0.25, -0.2) is 4.98 Å². The summed E-state index contributed by atoms with van der Waals surface area (Å²) in [6.07, 6.45) is 2.21. The topological polar surface area (TPSA) is 299 Å². The number of thiazole rings is 1. The van der Waals surface area contributed by atoms with Gasteiger partial charge in [-0.05, 0) is 0 Å². The molecule has 3 aliphatic heterocycles. The van der Waals surface area contributed by atoms with Crippen molar-refractivity contribution in [2.24, 2.45) is 5.16 Å². The summed E-state index contributed by atoms with van der Waals surface area (Å²) in [5, 5.41) is 19.6. The number of oxime groups is 1. The second-order valence-corrected chi connectivity index (χ2v) is 12.9. The van der Waals surface area contributed by atoms with Crippen molar-refractivity contribution in [2.75, 3.05) is 45.3 Å². The SMILES string of the molecule is CO/N=C(\C(=O)N[C@@H]1C(=O)N2C(C(=O)[O-])=C(C[N+]3(C)CCCC3)CS[C@H]12)c1csc(N)n1.O=S(=O)(O)O.O=S(=O)(O)O. The van der Waals surface area contributed by atoms with E-state index in [1.54, 1.807) is 5.38 Å². The number of aliphatic carboxylic acids is 1. The molecule has 1 aromatic heterocycles. The highest BCUT2D eigenvalue weighted by Gasteiger charge is 2.53. The van der Waals surface area contributed by atoms with Gasteiger partial charge >= 0.3 is 20.8 Å². The molecule has 42 heavy (non-hydrogen) atoms. The van der Waals surface area contributed by atoms with Crippen LogP contribution in [0.2, 0.25) is 0 Å². The molecule has 0 bridgehead atoms. The molecule has 19 nitrogen and oxygen atoms in total. The van der Waals surface area contributed by atoms with Crippen molar-refractivity contribution in [1.82, 2.24) is 15.2 Å². The summed E-state index contributed by atoms with van der Waals surface area (Å²) >= 11 is 2.57. The third-order valence-corrected chi connectivity index (χ3v) is 7.92. The van der Waals surface area contributed by atoms with Crippen LogP contribution in [0, 0.1) is 0 Å². The largest absolute Gasteiger partial charge is 0.543 e. The Kier molecular flexibility index (Phi) is 11.8. The maximum absolute atomic E-state index is 12.9. The van der Waals surface area contributed by atoms with E-state index in [1.807, 2.05) is 0 Å². The zero-order valence-corrected chi connectivity index (χ0v) is 25.2.